The molecule has 0 fully saturated rings. The fourth-order valence-corrected chi connectivity index (χ4v) is 1.42. The lowest BCUT2D eigenvalue weighted by Crippen LogP contribution is -2.04. The SMILES string of the molecule is CCCCCOC(=O)/N=N/C(=O)Oc1cccc(C)c1. The van der Waals surface area contributed by atoms with E-state index in [4.69, 9.17) is 9.47 Å². The molecule has 0 aromatic heterocycles. The standard InChI is InChI=1S/C14H18N2O4/c1-3-4-5-9-19-13(17)15-16-14(18)20-12-8-6-7-11(2)10-12/h6-8,10H,3-5,9H2,1-2H3/b16-15+. The minimum atomic E-state index is -0.957. The van der Waals surface area contributed by atoms with Gasteiger partial charge in [-0.15, -0.1) is 0 Å². The molecule has 6 heteroatoms. The zero-order valence-corrected chi connectivity index (χ0v) is 11.7. The molecule has 0 heterocycles. The molecule has 0 saturated heterocycles. The molecule has 20 heavy (non-hydrogen) atoms. The van der Waals surface area contributed by atoms with Crippen LogP contribution < -0.4 is 4.74 Å². The number of hydrogen-bond acceptors (Lipinski definition) is 4. The summed E-state index contributed by atoms with van der Waals surface area (Å²) in [5, 5.41) is 6.27. The van der Waals surface area contributed by atoms with E-state index in [1.807, 2.05) is 19.9 Å². The van der Waals surface area contributed by atoms with Crippen molar-refractivity contribution >= 4 is 12.2 Å². The van der Waals surface area contributed by atoms with Crippen LogP contribution in [0.25, 0.3) is 0 Å². The van der Waals surface area contributed by atoms with E-state index in [9.17, 15) is 9.59 Å². The third kappa shape index (κ3) is 6.63. The lowest BCUT2D eigenvalue weighted by molar-refractivity contribution is 0.152. The van der Waals surface area contributed by atoms with Crippen molar-refractivity contribution in [2.75, 3.05) is 6.61 Å². The molecule has 1 aromatic carbocycles. The van der Waals surface area contributed by atoms with Gasteiger partial charge in [-0.2, -0.15) is 0 Å². The normalized spacial score (nSPS) is 10.5. The highest BCUT2D eigenvalue weighted by Crippen LogP contribution is 2.13. The minimum absolute atomic E-state index is 0.276. The average molecular weight is 278 g/mol. The molecule has 0 aliphatic carbocycles. The average Bonchev–Trinajstić information content (AvgIpc) is 2.41. The highest BCUT2D eigenvalue weighted by Gasteiger charge is 2.05. The van der Waals surface area contributed by atoms with Crippen molar-refractivity contribution < 1.29 is 19.1 Å². The van der Waals surface area contributed by atoms with E-state index in [-0.39, 0.29) is 6.61 Å². The van der Waals surface area contributed by atoms with Crippen molar-refractivity contribution in [1.82, 2.24) is 0 Å². The Kier molecular flexibility index (Phi) is 6.95. The number of benzene rings is 1. The quantitative estimate of drug-likeness (QED) is 0.595. The monoisotopic (exact) mass is 278 g/mol. The molecule has 0 unspecified atom stereocenters. The van der Waals surface area contributed by atoms with Gasteiger partial charge in [-0.05, 0) is 31.0 Å². The predicted octanol–water partition coefficient (Wildman–Crippen LogP) is 4.27. The molecular formula is C14H18N2O4. The van der Waals surface area contributed by atoms with Crippen molar-refractivity contribution in [1.29, 1.82) is 0 Å². The zero-order valence-electron chi connectivity index (χ0n) is 11.7. The summed E-state index contributed by atoms with van der Waals surface area (Å²) in [6.07, 6.45) is 0.927. The number of unbranched alkanes of at least 4 members (excludes halogenated alkanes) is 2. The lowest BCUT2D eigenvalue weighted by Gasteiger charge is -2.01. The van der Waals surface area contributed by atoms with Crippen LogP contribution in [-0.4, -0.2) is 18.8 Å². The topological polar surface area (TPSA) is 77.3 Å². The third-order valence-corrected chi connectivity index (χ3v) is 2.38. The van der Waals surface area contributed by atoms with Gasteiger partial charge in [0.15, 0.2) is 0 Å². The van der Waals surface area contributed by atoms with Gasteiger partial charge in [0.25, 0.3) is 0 Å². The molecule has 0 spiro atoms. The highest BCUT2D eigenvalue weighted by atomic mass is 16.6. The van der Waals surface area contributed by atoms with Crippen molar-refractivity contribution in [2.45, 2.75) is 33.1 Å². The molecule has 0 radical (unpaired) electrons. The van der Waals surface area contributed by atoms with Gasteiger partial charge in [-0.3, -0.25) is 0 Å². The van der Waals surface area contributed by atoms with Crippen LogP contribution in [0.5, 0.6) is 5.75 Å². The van der Waals surface area contributed by atoms with E-state index in [0.717, 1.165) is 24.8 Å². The smallest absolute Gasteiger partial charge is 0.447 e. The third-order valence-electron chi connectivity index (χ3n) is 2.38. The second-order valence-electron chi connectivity index (χ2n) is 4.21. The van der Waals surface area contributed by atoms with E-state index in [1.54, 1.807) is 18.2 Å². The fraction of sp³-hybridized carbons (Fsp3) is 0.429. The molecule has 0 N–H and O–H groups in total. The largest absolute Gasteiger partial charge is 0.458 e. The summed E-state index contributed by atoms with van der Waals surface area (Å²) in [5.74, 6) is 0.352. The van der Waals surface area contributed by atoms with E-state index < -0.39 is 12.2 Å². The first-order valence-corrected chi connectivity index (χ1v) is 6.48. The van der Waals surface area contributed by atoms with Crippen LogP contribution >= 0.6 is 0 Å². The summed E-state index contributed by atoms with van der Waals surface area (Å²) in [6.45, 7) is 4.19. The molecule has 0 aliphatic heterocycles. The maximum Gasteiger partial charge on any atom is 0.458 e. The summed E-state index contributed by atoms with van der Waals surface area (Å²) >= 11 is 0. The van der Waals surface area contributed by atoms with E-state index in [1.165, 1.54) is 0 Å². The van der Waals surface area contributed by atoms with Crippen molar-refractivity contribution in [3.8, 4) is 5.75 Å². The molecule has 0 bridgehead atoms. The van der Waals surface area contributed by atoms with E-state index >= 15 is 0 Å². The van der Waals surface area contributed by atoms with E-state index in [0.29, 0.717) is 5.75 Å². The predicted molar refractivity (Wildman–Crippen MR) is 72.9 cm³/mol. The summed E-state index contributed by atoms with van der Waals surface area (Å²) in [5.41, 5.74) is 0.947. The Morgan fingerprint density at radius 2 is 1.90 bits per heavy atom. The van der Waals surface area contributed by atoms with Gasteiger partial charge in [-0.25, -0.2) is 9.59 Å². The highest BCUT2D eigenvalue weighted by molar-refractivity contribution is 5.74. The summed E-state index contributed by atoms with van der Waals surface area (Å²) in [6, 6.07) is 6.91. The summed E-state index contributed by atoms with van der Waals surface area (Å²) in [4.78, 5) is 22.4. The Morgan fingerprint density at radius 3 is 2.60 bits per heavy atom. The fourth-order valence-electron chi connectivity index (χ4n) is 1.42. The Labute approximate surface area is 117 Å². The number of nitrogens with zero attached hydrogens (tertiary/aromatic N) is 2. The summed E-state index contributed by atoms with van der Waals surface area (Å²) in [7, 11) is 0. The lowest BCUT2D eigenvalue weighted by atomic mass is 10.2. The number of ether oxygens (including phenoxy) is 2. The second-order valence-corrected chi connectivity index (χ2v) is 4.21. The number of rotatable bonds is 5. The molecule has 2 amide bonds. The number of carbonyl (C=O) groups excluding carboxylic acids is 2. The van der Waals surface area contributed by atoms with Gasteiger partial charge in [0.2, 0.25) is 0 Å². The van der Waals surface area contributed by atoms with Crippen LogP contribution in [0.15, 0.2) is 34.5 Å². The van der Waals surface area contributed by atoms with Gasteiger partial charge >= 0.3 is 12.2 Å². The maximum atomic E-state index is 11.3. The first-order chi connectivity index (χ1) is 9.61. The number of hydrogen-bond donors (Lipinski definition) is 0. The molecular weight excluding hydrogens is 260 g/mol. The number of amides is 2. The molecule has 0 saturated carbocycles. The van der Waals surface area contributed by atoms with Gasteiger partial charge in [-0.1, -0.05) is 42.1 Å². The van der Waals surface area contributed by atoms with E-state index in [2.05, 4.69) is 10.2 Å². The van der Waals surface area contributed by atoms with Crippen molar-refractivity contribution in [3.05, 3.63) is 29.8 Å². The van der Waals surface area contributed by atoms with Gasteiger partial charge in [0.05, 0.1) is 6.61 Å². The van der Waals surface area contributed by atoms with Gasteiger partial charge < -0.3 is 9.47 Å². The van der Waals surface area contributed by atoms with Crippen LogP contribution in [0, 0.1) is 6.92 Å². The maximum absolute atomic E-state index is 11.3. The Balaban J connectivity index is 2.34. The van der Waals surface area contributed by atoms with Crippen LogP contribution in [0.2, 0.25) is 0 Å². The molecule has 6 nitrogen and oxygen atoms in total. The molecule has 0 aliphatic rings. The summed E-state index contributed by atoms with van der Waals surface area (Å²) < 4.78 is 9.64. The Morgan fingerprint density at radius 1 is 1.15 bits per heavy atom. The first kappa shape index (κ1) is 15.8. The first-order valence-electron chi connectivity index (χ1n) is 6.48. The number of aryl methyl sites for hydroxylation is 1. The van der Waals surface area contributed by atoms with Crippen molar-refractivity contribution in [2.24, 2.45) is 10.2 Å². The Bertz CT molecular complexity index is 486. The van der Waals surface area contributed by atoms with Crippen LogP contribution in [0.1, 0.15) is 31.7 Å². The van der Waals surface area contributed by atoms with Gasteiger partial charge in [0.1, 0.15) is 5.75 Å². The number of carbonyl (C=O) groups is 2. The van der Waals surface area contributed by atoms with Gasteiger partial charge in [0, 0.05) is 0 Å². The molecule has 108 valence electrons. The second kappa shape index (κ2) is 8.79. The molecule has 1 aromatic rings. The zero-order chi connectivity index (χ0) is 14.8. The Hall–Kier alpha value is -2.24. The van der Waals surface area contributed by atoms with Crippen LogP contribution in [0.3, 0.4) is 0 Å². The van der Waals surface area contributed by atoms with Crippen LogP contribution in [0.4, 0.5) is 9.59 Å². The van der Waals surface area contributed by atoms with Crippen molar-refractivity contribution in [3.63, 3.8) is 0 Å². The number of azo groups is 1. The molecule has 0 atom stereocenters. The minimum Gasteiger partial charge on any atom is -0.447 e. The molecule has 1 rings (SSSR count). The van der Waals surface area contributed by atoms with Crippen LogP contribution in [-0.2, 0) is 4.74 Å².